The van der Waals surface area contributed by atoms with Crippen molar-refractivity contribution in [2.45, 2.75) is 24.0 Å². The van der Waals surface area contributed by atoms with E-state index in [0.717, 1.165) is 19.3 Å². The molecule has 1 spiro atoms. The second kappa shape index (κ2) is 4.42. The van der Waals surface area contributed by atoms with Crippen LogP contribution in [0, 0.1) is 6.08 Å². The Balaban J connectivity index is 1.89. The van der Waals surface area contributed by atoms with Gasteiger partial charge in [-0.3, -0.25) is 4.21 Å². The maximum atomic E-state index is 13.1. The molecule has 7 heteroatoms. The summed E-state index contributed by atoms with van der Waals surface area (Å²) in [6.45, 7) is 1.25. The summed E-state index contributed by atoms with van der Waals surface area (Å²) in [7, 11) is -0.785. The summed E-state index contributed by atoms with van der Waals surface area (Å²) < 4.78 is 25.0. The van der Waals surface area contributed by atoms with Gasteiger partial charge in [-0.15, -0.1) is 0 Å². The van der Waals surface area contributed by atoms with E-state index in [0.29, 0.717) is 29.7 Å². The number of anilines is 1. The highest BCUT2D eigenvalue weighted by molar-refractivity contribution is 7.86. The van der Waals surface area contributed by atoms with Gasteiger partial charge in [-0.05, 0) is 12.8 Å². The van der Waals surface area contributed by atoms with Crippen LogP contribution in [0.15, 0.2) is 6.20 Å². The predicted molar refractivity (Wildman–Crippen MR) is 68.8 cm³/mol. The Morgan fingerprint density at radius 1 is 1.50 bits per heavy atom. The highest BCUT2D eigenvalue weighted by Crippen LogP contribution is 2.41. The van der Waals surface area contributed by atoms with Gasteiger partial charge in [-0.25, -0.2) is 4.98 Å². The molecule has 0 radical (unpaired) electrons. The molecule has 1 aromatic rings. The first kappa shape index (κ1) is 12.3. The van der Waals surface area contributed by atoms with Gasteiger partial charge >= 0.3 is 6.08 Å². The highest BCUT2D eigenvalue weighted by Gasteiger charge is 2.47. The molecule has 18 heavy (non-hydrogen) atoms. The molecule has 1 atom stereocenters. The monoisotopic (exact) mass is 289 g/mol. The average Bonchev–Trinajstić information content (AvgIpc) is 2.31. The Morgan fingerprint density at radius 3 is 2.94 bits per heavy atom. The summed E-state index contributed by atoms with van der Waals surface area (Å²) in [4.78, 5) is 9.12. The lowest BCUT2D eigenvalue weighted by molar-refractivity contribution is 0.343. The molecule has 3 rings (SSSR count). The standard InChI is InChI=1S/C11H13ClFN3OS/c12-8-6-14-10(13)15-9(8)16-4-5-18(17)11(7-16)2-1-3-11/h6H,1-5,7H2. The van der Waals surface area contributed by atoms with Crippen molar-refractivity contribution in [3.63, 3.8) is 0 Å². The fourth-order valence-electron chi connectivity index (χ4n) is 2.61. The largest absolute Gasteiger partial charge is 0.353 e. The van der Waals surface area contributed by atoms with E-state index in [9.17, 15) is 8.60 Å². The second-order valence-corrected chi connectivity index (χ2v) is 7.19. The molecule has 1 unspecified atom stereocenters. The van der Waals surface area contributed by atoms with Crippen LogP contribution in [0.4, 0.5) is 10.2 Å². The minimum Gasteiger partial charge on any atom is -0.353 e. The van der Waals surface area contributed by atoms with E-state index in [1.54, 1.807) is 0 Å². The summed E-state index contributed by atoms with van der Waals surface area (Å²) in [5.41, 5.74) is 0. The smallest absolute Gasteiger partial charge is 0.310 e. The van der Waals surface area contributed by atoms with Gasteiger partial charge in [0.25, 0.3) is 0 Å². The molecule has 4 nitrogen and oxygen atoms in total. The molecule has 1 aliphatic heterocycles. The molecular weight excluding hydrogens is 277 g/mol. The van der Waals surface area contributed by atoms with Crippen LogP contribution in [0.3, 0.4) is 0 Å². The van der Waals surface area contributed by atoms with Gasteiger partial charge < -0.3 is 4.90 Å². The molecule has 1 saturated heterocycles. The lowest BCUT2D eigenvalue weighted by Crippen LogP contribution is -2.57. The zero-order valence-corrected chi connectivity index (χ0v) is 11.3. The Hall–Kier alpha value is -0.750. The lowest BCUT2D eigenvalue weighted by atomic mass is 9.83. The van der Waals surface area contributed by atoms with Crippen molar-refractivity contribution in [3.05, 3.63) is 17.3 Å². The van der Waals surface area contributed by atoms with Gasteiger partial charge in [0.1, 0.15) is 5.02 Å². The van der Waals surface area contributed by atoms with Crippen molar-refractivity contribution in [3.8, 4) is 0 Å². The highest BCUT2D eigenvalue weighted by atomic mass is 35.5. The van der Waals surface area contributed by atoms with Crippen LogP contribution in [0.1, 0.15) is 19.3 Å². The Bertz CT molecular complexity index is 509. The molecule has 2 fully saturated rings. The molecule has 1 aromatic heterocycles. The fraction of sp³-hybridized carbons (Fsp3) is 0.636. The van der Waals surface area contributed by atoms with Crippen LogP contribution >= 0.6 is 11.6 Å². The second-order valence-electron chi connectivity index (χ2n) is 4.82. The third kappa shape index (κ3) is 1.91. The normalized spacial score (nSPS) is 26.1. The minimum absolute atomic E-state index is 0.122. The van der Waals surface area contributed by atoms with Crippen molar-refractivity contribution in [2.24, 2.45) is 0 Å². The van der Waals surface area contributed by atoms with Crippen LogP contribution in [0.5, 0.6) is 0 Å². The first-order valence-corrected chi connectivity index (χ1v) is 7.62. The number of rotatable bonds is 1. The first-order valence-electron chi connectivity index (χ1n) is 5.92. The van der Waals surface area contributed by atoms with E-state index in [-0.39, 0.29) is 4.75 Å². The van der Waals surface area contributed by atoms with Gasteiger partial charge in [-0.1, -0.05) is 18.0 Å². The maximum absolute atomic E-state index is 13.1. The van der Waals surface area contributed by atoms with Crippen LogP contribution in [0.2, 0.25) is 5.02 Å². The molecule has 0 aromatic carbocycles. The van der Waals surface area contributed by atoms with Crippen molar-refractivity contribution in [1.82, 2.24) is 9.97 Å². The molecule has 1 saturated carbocycles. The maximum Gasteiger partial charge on any atom is 0.310 e. The van der Waals surface area contributed by atoms with E-state index in [2.05, 4.69) is 9.97 Å². The number of nitrogens with zero attached hydrogens (tertiary/aromatic N) is 3. The number of hydrogen-bond acceptors (Lipinski definition) is 4. The van der Waals surface area contributed by atoms with Crippen LogP contribution in [-0.4, -0.2) is 37.8 Å². The zero-order chi connectivity index (χ0) is 12.8. The van der Waals surface area contributed by atoms with E-state index in [4.69, 9.17) is 11.6 Å². The minimum atomic E-state index is -0.785. The van der Waals surface area contributed by atoms with Gasteiger partial charge in [0.05, 0.1) is 10.9 Å². The molecule has 0 bridgehead atoms. The van der Waals surface area contributed by atoms with Crippen LogP contribution < -0.4 is 4.90 Å². The summed E-state index contributed by atoms with van der Waals surface area (Å²) >= 11 is 6.01. The molecule has 1 aliphatic carbocycles. The summed E-state index contributed by atoms with van der Waals surface area (Å²) in [6.07, 6.45) is 3.57. The van der Waals surface area contributed by atoms with Gasteiger partial charge in [0.15, 0.2) is 5.82 Å². The number of hydrogen-bond donors (Lipinski definition) is 0. The quantitative estimate of drug-likeness (QED) is 0.739. The van der Waals surface area contributed by atoms with Gasteiger partial charge in [0.2, 0.25) is 0 Å². The van der Waals surface area contributed by atoms with Gasteiger partial charge in [0, 0.05) is 29.6 Å². The van der Waals surface area contributed by atoms with Crippen LogP contribution in [0.25, 0.3) is 0 Å². The Morgan fingerprint density at radius 2 is 2.28 bits per heavy atom. The van der Waals surface area contributed by atoms with Crippen molar-refractivity contribution >= 4 is 28.2 Å². The topological polar surface area (TPSA) is 46.1 Å². The van der Waals surface area contributed by atoms with E-state index < -0.39 is 16.9 Å². The predicted octanol–water partition coefficient (Wildman–Crippen LogP) is 1.76. The molecule has 0 amide bonds. The summed E-state index contributed by atoms with van der Waals surface area (Å²) in [5.74, 6) is 1.02. The van der Waals surface area contributed by atoms with E-state index >= 15 is 0 Å². The van der Waals surface area contributed by atoms with Crippen molar-refractivity contribution in [2.75, 3.05) is 23.7 Å². The summed E-state index contributed by atoms with van der Waals surface area (Å²) in [5, 5.41) is 0.346. The average molecular weight is 290 g/mol. The fourth-order valence-corrected chi connectivity index (χ4v) is 4.68. The van der Waals surface area contributed by atoms with Crippen LogP contribution in [-0.2, 0) is 10.8 Å². The summed E-state index contributed by atoms with van der Waals surface area (Å²) in [6, 6.07) is 0. The zero-order valence-electron chi connectivity index (χ0n) is 9.73. The first-order chi connectivity index (χ1) is 8.61. The third-order valence-corrected chi connectivity index (χ3v) is 6.09. The van der Waals surface area contributed by atoms with E-state index in [1.165, 1.54) is 6.20 Å². The number of halogens is 2. The molecule has 0 N–H and O–H groups in total. The third-order valence-electron chi connectivity index (χ3n) is 3.77. The van der Waals surface area contributed by atoms with Gasteiger partial charge in [-0.2, -0.15) is 9.37 Å². The Labute approximate surface area is 112 Å². The Kier molecular flexibility index (Phi) is 3.02. The lowest BCUT2D eigenvalue weighted by Gasteiger charge is -2.48. The molecule has 2 heterocycles. The molecular formula is C11H13ClFN3OS. The number of aromatic nitrogens is 2. The SMILES string of the molecule is O=S1CCN(c2nc(F)ncc2Cl)CC12CCC2. The van der Waals surface area contributed by atoms with E-state index in [1.807, 2.05) is 4.90 Å². The van der Waals surface area contributed by atoms with Crippen molar-refractivity contribution < 1.29 is 8.60 Å². The van der Waals surface area contributed by atoms with Crippen molar-refractivity contribution in [1.29, 1.82) is 0 Å². The molecule has 98 valence electrons. The molecule has 2 aliphatic rings.